The van der Waals surface area contributed by atoms with Gasteiger partial charge in [0.25, 0.3) is 0 Å². The zero-order valence-electron chi connectivity index (χ0n) is 9.12. The molecule has 0 atom stereocenters. The number of benzene rings is 1. The van der Waals surface area contributed by atoms with Gasteiger partial charge in [-0.2, -0.15) is 0 Å². The summed E-state index contributed by atoms with van der Waals surface area (Å²) in [4.78, 5) is 0. The second-order valence-electron chi connectivity index (χ2n) is 3.45. The lowest BCUT2D eigenvalue weighted by Crippen LogP contribution is -2.01. The Hall–Kier alpha value is -0.770. The highest BCUT2D eigenvalue weighted by Crippen LogP contribution is 2.28. The van der Waals surface area contributed by atoms with Gasteiger partial charge < -0.3 is 4.57 Å². The van der Waals surface area contributed by atoms with Gasteiger partial charge in [0.15, 0.2) is 5.82 Å². The molecule has 0 radical (unpaired) electrons. The highest BCUT2D eigenvalue weighted by Gasteiger charge is 2.12. The van der Waals surface area contributed by atoms with E-state index in [-0.39, 0.29) is 0 Å². The van der Waals surface area contributed by atoms with E-state index in [0.29, 0.717) is 15.9 Å². The average molecular weight is 291 g/mol. The van der Waals surface area contributed by atoms with E-state index in [4.69, 9.17) is 34.8 Å². The van der Waals surface area contributed by atoms with Crippen LogP contribution in [0.2, 0.25) is 10.0 Å². The zero-order valence-corrected chi connectivity index (χ0v) is 11.4. The molecule has 0 fully saturated rings. The Morgan fingerprint density at radius 2 is 1.94 bits per heavy atom. The minimum absolute atomic E-state index is 0.335. The summed E-state index contributed by atoms with van der Waals surface area (Å²) < 4.78 is 1.95. The first-order chi connectivity index (χ1) is 8.17. The Bertz CT molecular complexity index is 537. The summed E-state index contributed by atoms with van der Waals surface area (Å²) >= 11 is 17.7. The largest absolute Gasteiger partial charge is 0.310 e. The van der Waals surface area contributed by atoms with E-state index in [0.717, 1.165) is 23.8 Å². The van der Waals surface area contributed by atoms with E-state index in [9.17, 15) is 0 Å². The monoisotopic (exact) mass is 289 g/mol. The number of halogens is 3. The Morgan fingerprint density at radius 3 is 2.53 bits per heavy atom. The summed E-state index contributed by atoms with van der Waals surface area (Å²) in [6.45, 7) is 2.77. The Kier molecular flexibility index (Phi) is 3.92. The molecule has 0 aliphatic carbocycles. The van der Waals surface area contributed by atoms with Crippen molar-refractivity contribution in [2.45, 2.75) is 19.3 Å². The van der Waals surface area contributed by atoms with Crippen molar-refractivity contribution in [1.82, 2.24) is 14.8 Å². The van der Waals surface area contributed by atoms with Gasteiger partial charge in [0.05, 0.1) is 15.9 Å². The van der Waals surface area contributed by atoms with Gasteiger partial charge in [0.1, 0.15) is 5.82 Å². The van der Waals surface area contributed by atoms with Gasteiger partial charge in [-0.05, 0) is 25.1 Å². The van der Waals surface area contributed by atoms with E-state index in [1.54, 1.807) is 12.1 Å². The van der Waals surface area contributed by atoms with Crippen LogP contribution in [0.15, 0.2) is 18.2 Å². The SMILES string of the molecule is CCn1c(CCl)nnc1-c1ccc(Cl)c(Cl)c1. The fourth-order valence-electron chi connectivity index (χ4n) is 1.62. The maximum Gasteiger partial charge on any atom is 0.164 e. The molecule has 0 unspecified atom stereocenters. The number of hydrogen-bond donors (Lipinski definition) is 0. The molecule has 0 aliphatic rings. The molecule has 0 amide bonds. The summed E-state index contributed by atoms with van der Waals surface area (Å²) in [7, 11) is 0. The fourth-order valence-corrected chi connectivity index (χ4v) is 2.11. The van der Waals surface area contributed by atoms with Crippen LogP contribution in [0.3, 0.4) is 0 Å². The van der Waals surface area contributed by atoms with Crippen LogP contribution in [-0.4, -0.2) is 14.8 Å². The number of nitrogens with zero attached hydrogens (tertiary/aromatic N) is 3. The highest BCUT2D eigenvalue weighted by atomic mass is 35.5. The lowest BCUT2D eigenvalue weighted by atomic mass is 10.2. The summed E-state index contributed by atoms with van der Waals surface area (Å²) in [5.74, 6) is 1.83. The van der Waals surface area contributed by atoms with Crippen LogP contribution in [0.1, 0.15) is 12.7 Å². The first-order valence-electron chi connectivity index (χ1n) is 5.10. The molecule has 1 aromatic carbocycles. The summed E-state index contributed by atoms with van der Waals surface area (Å²) in [6, 6.07) is 5.38. The number of rotatable bonds is 3. The van der Waals surface area contributed by atoms with Crippen molar-refractivity contribution in [3.8, 4) is 11.4 Å². The fraction of sp³-hybridized carbons (Fsp3) is 0.273. The Labute approximate surface area is 114 Å². The lowest BCUT2D eigenvalue weighted by molar-refractivity contribution is 0.731. The maximum absolute atomic E-state index is 5.98. The average Bonchev–Trinajstić information content (AvgIpc) is 2.75. The number of aromatic nitrogens is 3. The molecule has 0 saturated heterocycles. The predicted molar refractivity (Wildman–Crippen MR) is 70.7 cm³/mol. The Morgan fingerprint density at radius 1 is 1.18 bits per heavy atom. The first kappa shape index (κ1) is 12.7. The molecule has 17 heavy (non-hydrogen) atoms. The topological polar surface area (TPSA) is 30.7 Å². The van der Waals surface area contributed by atoms with E-state index in [1.807, 2.05) is 17.6 Å². The highest BCUT2D eigenvalue weighted by molar-refractivity contribution is 6.42. The third kappa shape index (κ3) is 2.41. The van der Waals surface area contributed by atoms with Crippen LogP contribution in [0.25, 0.3) is 11.4 Å². The van der Waals surface area contributed by atoms with E-state index in [1.165, 1.54) is 0 Å². The molecule has 2 rings (SSSR count). The van der Waals surface area contributed by atoms with Gasteiger partial charge >= 0.3 is 0 Å². The van der Waals surface area contributed by atoms with Crippen LogP contribution in [-0.2, 0) is 12.4 Å². The number of alkyl halides is 1. The van der Waals surface area contributed by atoms with E-state index >= 15 is 0 Å². The van der Waals surface area contributed by atoms with Crippen LogP contribution in [0.5, 0.6) is 0 Å². The van der Waals surface area contributed by atoms with Crippen molar-refractivity contribution in [2.75, 3.05) is 0 Å². The van der Waals surface area contributed by atoms with Crippen molar-refractivity contribution in [2.24, 2.45) is 0 Å². The van der Waals surface area contributed by atoms with Crippen LogP contribution < -0.4 is 0 Å². The van der Waals surface area contributed by atoms with Gasteiger partial charge in [-0.15, -0.1) is 21.8 Å². The summed E-state index contributed by atoms with van der Waals surface area (Å²) in [6.07, 6.45) is 0. The van der Waals surface area contributed by atoms with Crippen molar-refractivity contribution in [3.05, 3.63) is 34.1 Å². The van der Waals surface area contributed by atoms with Gasteiger partial charge in [-0.1, -0.05) is 23.2 Å². The molecule has 90 valence electrons. The van der Waals surface area contributed by atoms with Gasteiger partial charge in [0, 0.05) is 12.1 Å². The molecule has 1 aromatic heterocycles. The van der Waals surface area contributed by atoms with Gasteiger partial charge in [-0.25, -0.2) is 0 Å². The third-order valence-corrected chi connectivity index (χ3v) is 3.42. The Balaban J connectivity index is 2.52. The quantitative estimate of drug-likeness (QED) is 0.800. The second-order valence-corrected chi connectivity index (χ2v) is 4.53. The minimum atomic E-state index is 0.335. The summed E-state index contributed by atoms with van der Waals surface area (Å²) in [5.41, 5.74) is 0.880. The molecule has 2 aromatic rings. The van der Waals surface area contributed by atoms with Gasteiger partial charge in [-0.3, -0.25) is 0 Å². The van der Waals surface area contributed by atoms with Crippen LogP contribution in [0, 0.1) is 0 Å². The van der Waals surface area contributed by atoms with Crippen LogP contribution >= 0.6 is 34.8 Å². The number of hydrogen-bond acceptors (Lipinski definition) is 2. The molecular formula is C11H10Cl3N3. The summed E-state index contributed by atoms with van der Waals surface area (Å²) in [5, 5.41) is 9.19. The standard InChI is InChI=1S/C11H10Cl3N3/c1-2-17-10(6-12)15-16-11(17)7-3-4-8(13)9(14)5-7/h3-5H,2,6H2,1H3. The molecule has 1 heterocycles. The molecule has 3 nitrogen and oxygen atoms in total. The third-order valence-electron chi connectivity index (χ3n) is 2.44. The second kappa shape index (κ2) is 5.25. The molecule has 0 N–H and O–H groups in total. The smallest absolute Gasteiger partial charge is 0.164 e. The minimum Gasteiger partial charge on any atom is -0.310 e. The predicted octanol–water partition coefficient (Wildman–Crippen LogP) is 4.01. The zero-order chi connectivity index (χ0) is 12.4. The molecule has 6 heteroatoms. The molecule has 0 saturated carbocycles. The van der Waals surface area contributed by atoms with Crippen molar-refractivity contribution >= 4 is 34.8 Å². The van der Waals surface area contributed by atoms with E-state index < -0.39 is 0 Å². The maximum atomic E-state index is 5.98. The molecule has 0 spiro atoms. The molecule has 0 aliphatic heterocycles. The van der Waals surface area contributed by atoms with Crippen molar-refractivity contribution < 1.29 is 0 Å². The lowest BCUT2D eigenvalue weighted by Gasteiger charge is -2.06. The van der Waals surface area contributed by atoms with Crippen molar-refractivity contribution in [3.63, 3.8) is 0 Å². The van der Waals surface area contributed by atoms with Crippen molar-refractivity contribution in [1.29, 1.82) is 0 Å². The molecule has 0 bridgehead atoms. The van der Waals surface area contributed by atoms with Crippen LogP contribution in [0.4, 0.5) is 0 Å². The van der Waals surface area contributed by atoms with E-state index in [2.05, 4.69) is 10.2 Å². The molecular weight excluding hydrogens is 281 g/mol. The normalized spacial score (nSPS) is 10.8. The first-order valence-corrected chi connectivity index (χ1v) is 6.40. The van der Waals surface area contributed by atoms with Gasteiger partial charge in [0.2, 0.25) is 0 Å².